The van der Waals surface area contributed by atoms with Crippen molar-refractivity contribution in [3.05, 3.63) is 27.7 Å². The lowest BCUT2D eigenvalue weighted by molar-refractivity contribution is 0.167. The molecule has 2 unspecified atom stereocenters. The van der Waals surface area contributed by atoms with Gasteiger partial charge in [0.1, 0.15) is 5.75 Å². The van der Waals surface area contributed by atoms with Gasteiger partial charge in [-0.25, -0.2) is 0 Å². The Bertz CT molecular complexity index is 378. The van der Waals surface area contributed by atoms with Gasteiger partial charge < -0.3 is 10.1 Å². The van der Waals surface area contributed by atoms with E-state index in [1.807, 2.05) is 7.05 Å². The van der Waals surface area contributed by atoms with Gasteiger partial charge in [-0.3, -0.25) is 0 Å². The van der Waals surface area contributed by atoms with Crippen LogP contribution in [0, 0.1) is 6.92 Å². The fourth-order valence-corrected chi connectivity index (χ4v) is 2.80. The second-order valence-electron chi connectivity index (χ2n) is 4.17. The molecule has 0 radical (unpaired) electrons. The predicted molar refractivity (Wildman–Crippen MR) is 65.4 cm³/mol. The van der Waals surface area contributed by atoms with E-state index in [2.05, 4.69) is 47.2 Å². The van der Waals surface area contributed by atoms with Crippen LogP contribution in [0.2, 0.25) is 0 Å². The smallest absolute Gasteiger partial charge is 0.138 e. The van der Waals surface area contributed by atoms with Crippen LogP contribution in [0.4, 0.5) is 0 Å². The standard InChI is InChI=1S/C12H16BrNO/c1-7-4-9-11(14-3)6-8(2)15-12(9)10(13)5-7/h4-5,8,11,14H,6H2,1-3H3. The minimum atomic E-state index is 0.272. The minimum absolute atomic E-state index is 0.272. The molecular formula is C12H16BrNO. The highest BCUT2D eigenvalue weighted by Gasteiger charge is 2.26. The van der Waals surface area contributed by atoms with E-state index < -0.39 is 0 Å². The summed E-state index contributed by atoms with van der Waals surface area (Å²) in [7, 11) is 2.00. The molecule has 0 saturated carbocycles. The number of halogens is 1. The third-order valence-electron chi connectivity index (χ3n) is 2.83. The Morgan fingerprint density at radius 2 is 2.20 bits per heavy atom. The molecule has 1 aliphatic heterocycles. The number of fused-ring (bicyclic) bond motifs is 1. The van der Waals surface area contributed by atoms with Gasteiger partial charge in [0.25, 0.3) is 0 Å². The molecule has 2 nitrogen and oxygen atoms in total. The van der Waals surface area contributed by atoms with Gasteiger partial charge in [0, 0.05) is 18.0 Å². The van der Waals surface area contributed by atoms with E-state index in [1.54, 1.807) is 0 Å². The van der Waals surface area contributed by atoms with E-state index >= 15 is 0 Å². The minimum Gasteiger partial charge on any atom is -0.489 e. The average Bonchev–Trinajstić information content (AvgIpc) is 2.18. The Balaban J connectivity index is 2.51. The van der Waals surface area contributed by atoms with Crippen LogP contribution in [0.5, 0.6) is 5.75 Å². The molecule has 1 N–H and O–H groups in total. The Morgan fingerprint density at radius 3 is 2.87 bits per heavy atom. The maximum atomic E-state index is 5.86. The maximum Gasteiger partial charge on any atom is 0.138 e. The van der Waals surface area contributed by atoms with E-state index in [1.165, 1.54) is 11.1 Å². The Kier molecular flexibility index (Phi) is 3.03. The average molecular weight is 270 g/mol. The van der Waals surface area contributed by atoms with E-state index in [-0.39, 0.29) is 6.10 Å². The van der Waals surface area contributed by atoms with Gasteiger partial charge in [-0.1, -0.05) is 6.07 Å². The number of aryl methyl sites for hydroxylation is 1. The van der Waals surface area contributed by atoms with Crippen molar-refractivity contribution in [1.29, 1.82) is 0 Å². The SMILES string of the molecule is CNC1CC(C)Oc2c(Br)cc(C)cc21. The fraction of sp³-hybridized carbons (Fsp3) is 0.500. The van der Waals surface area contributed by atoms with Crippen LogP contribution in [-0.2, 0) is 0 Å². The molecule has 1 aliphatic rings. The van der Waals surface area contributed by atoms with Gasteiger partial charge in [-0.05, 0) is 48.5 Å². The van der Waals surface area contributed by atoms with Crippen LogP contribution < -0.4 is 10.1 Å². The zero-order chi connectivity index (χ0) is 11.0. The van der Waals surface area contributed by atoms with Crippen LogP contribution >= 0.6 is 15.9 Å². The Morgan fingerprint density at radius 1 is 1.47 bits per heavy atom. The number of hydrogen-bond acceptors (Lipinski definition) is 2. The van der Waals surface area contributed by atoms with Crippen LogP contribution in [0.25, 0.3) is 0 Å². The summed E-state index contributed by atoms with van der Waals surface area (Å²) in [6, 6.07) is 4.71. The molecule has 0 bridgehead atoms. The van der Waals surface area contributed by atoms with Crippen molar-refractivity contribution in [3.8, 4) is 5.75 Å². The number of nitrogens with one attached hydrogen (secondary N) is 1. The van der Waals surface area contributed by atoms with E-state index in [9.17, 15) is 0 Å². The maximum absolute atomic E-state index is 5.86. The molecular weight excluding hydrogens is 254 g/mol. The van der Waals surface area contributed by atoms with Crippen LogP contribution in [-0.4, -0.2) is 13.2 Å². The third kappa shape index (κ3) is 2.04. The highest BCUT2D eigenvalue weighted by atomic mass is 79.9. The summed E-state index contributed by atoms with van der Waals surface area (Å²) in [6.45, 7) is 4.22. The number of benzene rings is 1. The van der Waals surface area contributed by atoms with Crippen molar-refractivity contribution in [1.82, 2.24) is 5.32 Å². The fourth-order valence-electron chi connectivity index (χ4n) is 2.12. The molecule has 2 rings (SSSR count). The summed E-state index contributed by atoms with van der Waals surface area (Å²) in [6.07, 6.45) is 1.30. The second kappa shape index (κ2) is 4.14. The number of rotatable bonds is 1. The van der Waals surface area contributed by atoms with Gasteiger partial charge in [0.2, 0.25) is 0 Å². The summed E-state index contributed by atoms with van der Waals surface area (Å²) < 4.78 is 6.92. The highest BCUT2D eigenvalue weighted by Crippen LogP contribution is 2.40. The first kappa shape index (κ1) is 11.0. The van der Waals surface area contributed by atoms with Gasteiger partial charge in [-0.2, -0.15) is 0 Å². The summed E-state index contributed by atoms with van der Waals surface area (Å²) in [4.78, 5) is 0. The molecule has 3 heteroatoms. The van der Waals surface area contributed by atoms with Gasteiger partial charge >= 0.3 is 0 Å². The molecule has 0 aromatic heterocycles. The summed E-state index contributed by atoms with van der Waals surface area (Å²) in [5, 5.41) is 3.34. The van der Waals surface area contributed by atoms with Crippen molar-refractivity contribution in [2.45, 2.75) is 32.4 Å². The molecule has 0 spiro atoms. The summed E-state index contributed by atoms with van der Waals surface area (Å²) >= 11 is 3.56. The molecule has 0 saturated heterocycles. The molecule has 1 aromatic carbocycles. The molecule has 1 aromatic rings. The third-order valence-corrected chi connectivity index (χ3v) is 3.42. The molecule has 0 amide bonds. The predicted octanol–water partition coefficient (Wildman–Crippen LogP) is 3.19. The monoisotopic (exact) mass is 269 g/mol. The first-order chi connectivity index (χ1) is 7.11. The van der Waals surface area contributed by atoms with Crippen LogP contribution in [0.1, 0.15) is 30.5 Å². The molecule has 15 heavy (non-hydrogen) atoms. The van der Waals surface area contributed by atoms with E-state index in [0.717, 1.165) is 16.6 Å². The largest absolute Gasteiger partial charge is 0.489 e. The second-order valence-corrected chi connectivity index (χ2v) is 5.02. The number of hydrogen-bond donors (Lipinski definition) is 1. The zero-order valence-corrected chi connectivity index (χ0v) is 10.9. The van der Waals surface area contributed by atoms with Crippen molar-refractivity contribution in [3.63, 3.8) is 0 Å². The van der Waals surface area contributed by atoms with Crippen molar-refractivity contribution in [2.75, 3.05) is 7.05 Å². The lowest BCUT2D eigenvalue weighted by Crippen LogP contribution is -2.29. The van der Waals surface area contributed by atoms with Crippen molar-refractivity contribution >= 4 is 15.9 Å². The highest BCUT2D eigenvalue weighted by molar-refractivity contribution is 9.10. The number of ether oxygens (including phenoxy) is 1. The van der Waals surface area contributed by atoms with Gasteiger partial charge in [-0.15, -0.1) is 0 Å². The Hall–Kier alpha value is -0.540. The van der Waals surface area contributed by atoms with Crippen LogP contribution in [0.15, 0.2) is 16.6 Å². The van der Waals surface area contributed by atoms with Crippen molar-refractivity contribution < 1.29 is 4.74 Å². The Labute approximate surface area is 99.1 Å². The molecule has 82 valence electrons. The van der Waals surface area contributed by atoms with Crippen LogP contribution in [0.3, 0.4) is 0 Å². The molecule has 0 aliphatic carbocycles. The molecule has 2 atom stereocenters. The van der Waals surface area contributed by atoms with Gasteiger partial charge in [0.05, 0.1) is 10.6 Å². The normalized spacial score (nSPS) is 24.5. The van der Waals surface area contributed by atoms with E-state index in [4.69, 9.17) is 4.74 Å². The lowest BCUT2D eigenvalue weighted by Gasteiger charge is -2.31. The summed E-state index contributed by atoms with van der Waals surface area (Å²) in [5.74, 6) is 0.999. The van der Waals surface area contributed by atoms with Gasteiger partial charge in [0.15, 0.2) is 0 Å². The topological polar surface area (TPSA) is 21.3 Å². The van der Waals surface area contributed by atoms with Crippen molar-refractivity contribution in [2.24, 2.45) is 0 Å². The zero-order valence-electron chi connectivity index (χ0n) is 9.30. The quantitative estimate of drug-likeness (QED) is 0.846. The first-order valence-corrected chi connectivity index (χ1v) is 6.05. The lowest BCUT2D eigenvalue weighted by atomic mass is 9.96. The van der Waals surface area contributed by atoms with E-state index in [0.29, 0.717) is 6.04 Å². The first-order valence-electron chi connectivity index (χ1n) is 5.25. The summed E-state index contributed by atoms with van der Waals surface area (Å²) in [5.41, 5.74) is 2.53. The molecule has 1 heterocycles. The molecule has 0 fully saturated rings.